The molecule has 2 atom stereocenters. The average molecular weight is 389 g/mol. The molecule has 1 fully saturated rings. The number of likely N-dealkylation sites (tertiary alicyclic amines) is 1. The normalized spacial score (nSPS) is 20.8. The van der Waals surface area contributed by atoms with Crippen LogP contribution >= 0.6 is 0 Å². The summed E-state index contributed by atoms with van der Waals surface area (Å²) in [5.74, 6) is 1.92. The lowest BCUT2D eigenvalue weighted by atomic mass is 9.79. The van der Waals surface area contributed by atoms with Gasteiger partial charge in [0.15, 0.2) is 11.5 Å². The van der Waals surface area contributed by atoms with Gasteiger partial charge in [-0.25, -0.2) is 0 Å². The van der Waals surface area contributed by atoms with Gasteiger partial charge in [0, 0.05) is 23.6 Å². The van der Waals surface area contributed by atoms with Crippen LogP contribution in [0.15, 0.2) is 41.4 Å². The number of aliphatic imine (C=N–C) groups is 1. The lowest BCUT2D eigenvalue weighted by Crippen LogP contribution is -2.41. The first kappa shape index (κ1) is 19.5. The number of ether oxygens (including phenoxy) is 2. The number of hydrogen-bond acceptors (Lipinski definition) is 5. The van der Waals surface area contributed by atoms with E-state index in [9.17, 15) is 0 Å². The molecule has 2 aromatic carbocycles. The highest BCUT2D eigenvalue weighted by atomic mass is 16.5. The Morgan fingerprint density at radius 1 is 1.10 bits per heavy atom. The van der Waals surface area contributed by atoms with E-state index < -0.39 is 0 Å². The Kier molecular flexibility index (Phi) is 5.55. The van der Waals surface area contributed by atoms with Crippen molar-refractivity contribution < 1.29 is 9.47 Å². The van der Waals surface area contributed by atoms with Crippen LogP contribution in [0.5, 0.6) is 11.5 Å². The molecular weight excluding hydrogens is 362 g/mol. The van der Waals surface area contributed by atoms with E-state index in [1.807, 2.05) is 38.1 Å². The minimum atomic E-state index is 0.261. The van der Waals surface area contributed by atoms with Gasteiger partial charge >= 0.3 is 0 Å². The molecule has 0 amide bonds. The lowest BCUT2D eigenvalue weighted by molar-refractivity contribution is 0.226. The summed E-state index contributed by atoms with van der Waals surface area (Å²) in [6, 6.07) is 14.4. The second-order valence-electron chi connectivity index (χ2n) is 7.64. The van der Waals surface area contributed by atoms with Crippen LogP contribution in [0.2, 0.25) is 0 Å². The molecule has 2 aromatic rings. The summed E-state index contributed by atoms with van der Waals surface area (Å²) >= 11 is 0. The maximum atomic E-state index is 9.14. The summed E-state index contributed by atoms with van der Waals surface area (Å²) in [6.07, 6.45) is 1.04. The van der Waals surface area contributed by atoms with Crippen molar-refractivity contribution >= 4 is 5.71 Å². The molecule has 2 aliphatic heterocycles. The average Bonchev–Trinajstić information content (AvgIpc) is 2.74. The smallest absolute Gasteiger partial charge is 0.161 e. The largest absolute Gasteiger partial charge is 0.490 e. The first-order valence-electron chi connectivity index (χ1n) is 10.3. The zero-order chi connectivity index (χ0) is 20.4. The molecule has 29 heavy (non-hydrogen) atoms. The zero-order valence-electron chi connectivity index (χ0n) is 17.3. The van der Waals surface area contributed by atoms with Gasteiger partial charge in [-0.05, 0) is 63.7 Å². The molecule has 0 unspecified atom stereocenters. The number of benzene rings is 2. The SMILES string of the molecule is CCOc1cc2c(cc1OCC)[C@H]1CN(C)CC[C@H]1N=C2c1ccc(C#N)cc1. The van der Waals surface area contributed by atoms with Crippen molar-refractivity contribution in [1.29, 1.82) is 5.26 Å². The van der Waals surface area contributed by atoms with Crippen LogP contribution in [-0.4, -0.2) is 50.0 Å². The van der Waals surface area contributed by atoms with Gasteiger partial charge in [-0.1, -0.05) is 12.1 Å². The quantitative estimate of drug-likeness (QED) is 0.776. The van der Waals surface area contributed by atoms with Gasteiger partial charge < -0.3 is 14.4 Å². The van der Waals surface area contributed by atoms with E-state index in [1.54, 1.807) is 0 Å². The lowest BCUT2D eigenvalue weighted by Gasteiger charge is -2.39. The summed E-state index contributed by atoms with van der Waals surface area (Å²) in [5, 5.41) is 9.14. The van der Waals surface area contributed by atoms with Crippen LogP contribution in [0.3, 0.4) is 0 Å². The number of fused-ring (bicyclic) bond motifs is 3. The Bertz CT molecular complexity index is 959. The fourth-order valence-corrected chi connectivity index (χ4v) is 4.35. The molecule has 0 aromatic heterocycles. The highest BCUT2D eigenvalue weighted by Crippen LogP contribution is 2.42. The molecule has 5 nitrogen and oxygen atoms in total. The fourth-order valence-electron chi connectivity index (χ4n) is 4.35. The number of nitriles is 1. The molecule has 2 heterocycles. The molecule has 4 rings (SSSR count). The van der Waals surface area contributed by atoms with Crippen LogP contribution in [0, 0.1) is 11.3 Å². The summed E-state index contributed by atoms with van der Waals surface area (Å²) in [6.45, 7) is 7.20. The van der Waals surface area contributed by atoms with Gasteiger partial charge in [-0.15, -0.1) is 0 Å². The molecule has 0 saturated carbocycles. The molecule has 0 spiro atoms. The summed E-state index contributed by atoms with van der Waals surface area (Å²) < 4.78 is 11.8. The van der Waals surface area contributed by atoms with Gasteiger partial charge in [0.2, 0.25) is 0 Å². The third-order valence-electron chi connectivity index (χ3n) is 5.73. The topological polar surface area (TPSA) is 57.9 Å². The van der Waals surface area contributed by atoms with E-state index in [0.29, 0.717) is 24.7 Å². The molecule has 1 saturated heterocycles. The van der Waals surface area contributed by atoms with Crippen molar-refractivity contribution in [3.8, 4) is 17.6 Å². The van der Waals surface area contributed by atoms with E-state index in [0.717, 1.165) is 47.8 Å². The Morgan fingerprint density at radius 2 is 1.79 bits per heavy atom. The monoisotopic (exact) mass is 389 g/mol. The highest BCUT2D eigenvalue weighted by Gasteiger charge is 2.36. The van der Waals surface area contributed by atoms with E-state index in [1.165, 1.54) is 5.56 Å². The number of hydrogen-bond donors (Lipinski definition) is 0. The van der Waals surface area contributed by atoms with Crippen LogP contribution < -0.4 is 9.47 Å². The van der Waals surface area contributed by atoms with Crippen molar-refractivity contribution in [2.45, 2.75) is 32.2 Å². The number of nitrogens with zero attached hydrogens (tertiary/aromatic N) is 3. The number of piperidine rings is 1. The fraction of sp³-hybridized carbons (Fsp3) is 0.417. The third kappa shape index (κ3) is 3.73. The highest BCUT2D eigenvalue weighted by molar-refractivity contribution is 6.15. The van der Waals surface area contributed by atoms with E-state index in [2.05, 4.69) is 30.1 Å². The Hall–Kier alpha value is -2.84. The molecule has 5 heteroatoms. The van der Waals surface area contributed by atoms with Crippen molar-refractivity contribution in [2.75, 3.05) is 33.4 Å². The molecule has 0 aliphatic carbocycles. The maximum absolute atomic E-state index is 9.14. The van der Waals surface area contributed by atoms with Gasteiger partial charge in [0.05, 0.1) is 36.6 Å². The van der Waals surface area contributed by atoms with Crippen molar-refractivity contribution in [3.05, 3.63) is 58.7 Å². The predicted molar refractivity (Wildman–Crippen MR) is 114 cm³/mol. The Labute approximate surface area is 172 Å². The van der Waals surface area contributed by atoms with Crippen LogP contribution in [0.1, 0.15) is 48.4 Å². The molecule has 0 N–H and O–H groups in total. The van der Waals surface area contributed by atoms with Crippen molar-refractivity contribution in [1.82, 2.24) is 4.90 Å². The van der Waals surface area contributed by atoms with E-state index in [4.69, 9.17) is 19.7 Å². The van der Waals surface area contributed by atoms with Gasteiger partial charge in [-0.3, -0.25) is 4.99 Å². The molecular formula is C24H27N3O2. The second kappa shape index (κ2) is 8.26. The van der Waals surface area contributed by atoms with Crippen LogP contribution in [-0.2, 0) is 0 Å². The second-order valence-corrected chi connectivity index (χ2v) is 7.64. The van der Waals surface area contributed by atoms with Crippen molar-refractivity contribution in [2.24, 2.45) is 4.99 Å². The molecule has 2 aliphatic rings. The standard InChI is InChI=1S/C24H27N3O2/c1-4-28-22-12-18-19(13-23(22)29-5-2)24(17-8-6-16(14-25)7-9-17)26-21-10-11-27(3)15-20(18)21/h6-9,12-13,20-21H,4-5,10-11,15H2,1-3H3/t20-,21-/m1/s1. The summed E-state index contributed by atoms with van der Waals surface area (Å²) in [4.78, 5) is 7.57. The van der Waals surface area contributed by atoms with E-state index >= 15 is 0 Å². The first-order chi connectivity index (χ1) is 14.1. The molecule has 0 radical (unpaired) electrons. The van der Waals surface area contributed by atoms with Crippen LogP contribution in [0.25, 0.3) is 0 Å². The van der Waals surface area contributed by atoms with Gasteiger partial charge in [0.1, 0.15) is 0 Å². The van der Waals surface area contributed by atoms with Crippen LogP contribution in [0.4, 0.5) is 0 Å². The summed E-state index contributed by atoms with van der Waals surface area (Å²) in [5.41, 5.74) is 5.07. The van der Waals surface area contributed by atoms with E-state index in [-0.39, 0.29) is 6.04 Å². The van der Waals surface area contributed by atoms with Gasteiger partial charge in [0.25, 0.3) is 0 Å². The minimum Gasteiger partial charge on any atom is -0.490 e. The maximum Gasteiger partial charge on any atom is 0.161 e. The number of rotatable bonds is 5. The molecule has 0 bridgehead atoms. The zero-order valence-corrected chi connectivity index (χ0v) is 17.3. The Balaban J connectivity index is 1.87. The summed E-state index contributed by atoms with van der Waals surface area (Å²) in [7, 11) is 2.17. The van der Waals surface area contributed by atoms with Gasteiger partial charge in [-0.2, -0.15) is 5.26 Å². The predicted octanol–water partition coefficient (Wildman–Crippen LogP) is 3.99. The van der Waals surface area contributed by atoms with Crippen molar-refractivity contribution in [3.63, 3.8) is 0 Å². The first-order valence-corrected chi connectivity index (χ1v) is 10.3. The third-order valence-corrected chi connectivity index (χ3v) is 5.73. The Morgan fingerprint density at radius 3 is 2.45 bits per heavy atom. The minimum absolute atomic E-state index is 0.261. The number of likely N-dealkylation sites (N-methyl/N-ethyl adjacent to an activating group) is 1. The molecule has 150 valence electrons.